The molecule has 0 heterocycles. The molecule has 5 nitrogen and oxygen atoms in total. The van der Waals surface area contributed by atoms with Crippen LogP contribution in [0.5, 0.6) is 0 Å². The first-order chi connectivity index (χ1) is 25.5. The molecule has 0 aromatic heterocycles. The summed E-state index contributed by atoms with van der Waals surface area (Å²) in [6.07, 6.45) is 0. The summed E-state index contributed by atoms with van der Waals surface area (Å²) < 4.78 is 0. The van der Waals surface area contributed by atoms with Crippen molar-refractivity contribution in [2.24, 2.45) is 17.2 Å². The number of nitrogens with two attached hydrogens (primary N) is 5. The molecule has 0 atom stereocenters. The molecule has 58 heavy (non-hydrogen) atoms. The molecule has 10 N–H and O–H groups in total. The predicted octanol–water partition coefficient (Wildman–Crippen LogP) is 12.6. The van der Waals surface area contributed by atoms with Crippen LogP contribution >= 0.6 is 0 Å². The molecule has 0 saturated carbocycles. The molecule has 7 aromatic rings. The Morgan fingerprint density at radius 3 is 0.707 bits per heavy atom. The third-order valence-corrected chi connectivity index (χ3v) is 5.70. The van der Waals surface area contributed by atoms with Crippen LogP contribution < -0.4 is 28.7 Å². The van der Waals surface area contributed by atoms with Gasteiger partial charge in [-0.1, -0.05) is 180 Å². The van der Waals surface area contributed by atoms with Crippen LogP contribution in [0.15, 0.2) is 194 Å². The molecule has 316 valence electrons. The Bertz CT molecular complexity index is 1420. The van der Waals surface area contributed by atoms with Gasteiger partial charge in [0.15, 0.2) is 0 Å². The van der Waals surface area contributed by atoms with Crippen LogP contribution in [-0.2, 0) is 65.4 Å². The van der Waals surface area contributed by atoms with E-state index >= 15 is 0 Å². The zero-order chi connectivity index (χ0) is 39.5. The van der Waals surface area contributed by atoms with Crippen molar-refractivity contribution in [3.8, 4) is 0 Å². The monoisotopic (exact) mass is 937 g/mol. The normalized spacial score (nSPS) is 7.14. The molecule has 0 fully saturated rings. The van der Waals surface area contributed by atoms with Crippen molar-refractivity contribution in [2.45, 2.75) is 42.5 Å². The first kappa shape index (κ1) is 75.3. The number of rotatable bonds is 0. The van der Waals surface area contributed by atoms with E-state index in [1.165, 1.54) is 43.0 Å². The van der Waals surface area contributed by atoms with Gasteiger partial charge in [0.25, 0.3) is 0 Å². The predicted molar refractivity (Wildman–Crippen MR) is 260 cm³/mol. The van der Waals surface area contributed by atoms with Crippen LogP contribution in [0, 0.1) is 40.8 Å². The van der Waals surface area contributed by atoms with Crippen molar-refractivity contribution >= 4 is 22.1 Å². The third kappa shape index (κ3) is 50.5. The summed E-state index contributed by atoms with van der Waals surface area (Å²) in [5.74, 6) is 0. The van der Waals surface area contributed by atoms with Crippen LogP contribution in [0.3, 0.4) is 0 Å². The zero-order valence-electron chi connectivity index (χ0n) is 35.5. The van der Waals surface area contributed by atoms with Gasteiger partial charge in [0.1, 0.15) is 0 Å². The number of hydrogen-bond donors (Lipinski definition) is 5. The standard InChI is InChI=1S/C10H8.C7H9N.C7H7.C6H6N.2C6H6.C2H6.3CH5N.2CH4.2CH3.2Y/c1-2-6-10-8-4-3-7-9(10)5-1;1-6-2-4-7(8)5-3-6;1-7-5-3-2-4-6-7;7-6-4-2-1-3-5-6;2*1-2-4-6-5-3-1;4*1-2;;;;;;/h1-8H;2-5H,8H2,1H3;3-6H,1H3;2-5H,7H2;2*1-6H;1-2H3;3*2H2,1H3;2*1H4;2*1H3;;/q;;2*-1;;;;;;;;;2*-1;;. The maximum absolute atomic E-state index is 5.43. The van der Waals surface area contributed by atoms with E-state index in [2.05, 4.69) is 84.8 Å². The third-order valence-electron chi connectivity index (χ3n) is 5.70. The maximum atomic E-state index is 5.43. The summed E-state index contributed by atoms with van der Waals surface area (Å²) in [5, 5.41) is 2.62. The number of hydrogen-bond acceptors (Lipinski definition) is 5. The van der Waals surface area contributed by atoms with Gasteiger partial charge in [0.05, 0.1) is 0 Å². The minimum absolute atomic E-state index is 0. The topological polar surface area (TPSA) is 130 Å². The van der Waals surface area contributed by atoms with E-state index in [1.54, 1.807) is 24.3 Å². The fourth-order valence-electron chi connectivity index (χ4n) is 3.34. The zero-order valence-corrected chi connectivity index (χ0v) is 41.2. The molecule has 0 saturated heterocycles. The van der Waals surface area contributed by atoms with Crippen molar-refractivity contribution in [1.29, 1.82) is 0 Å². The van der Waals surface area contributed by atoms with E-state index in [1.807, 2.05) is 142 Å². The Balaban J connectivity index is -0.0000000676. The second kappa shape index (κ2) is 62.7. The molecule has 0 aliphatic rings. The Labute approximate surface area is 408 Å². The molecule has 0 unspecified atom stereocenters. The minimum atomic E-state index is 0. The Morgan fingerprint density at radius 1 is 0.328 bits per heavy atom. The average molecular weight is 938 g/mol. The second-order valence-corrected chi connectivity index (χ2v) is 9.48. The van der Waals surface area contributed by atoms with Gasteiger partial charge in [-0.3, -0.25) is 0 Å². The molecule has 0 spiro atoms. The fraction of sp³-hybridized carbons (Fsp3) is 0.176. The summed E-state index contributed by atoms with van der Waals surface area (Å²) in [6.45, 7) is 8.10. The molecular formula is C51H77N5Y2-4. The smallest absolute Gasteiger partial charge is 0.0314 e. The molecule has 7 heteroatoms. The van der Waals surface area contributed by atoms with Gasteiger partial charge >= 0.3 is 0 Å². The molecule has 0 aliphatic carbocycles. The van der Waals surface area contributed by atoms with Gasteiger partial charge in [-0.2, -0.15) is 54.1 Å². The Kier molecular flexibility index (Phi) is 81.4. The van der Waals surface area contributed by atoms with Crippen LogP contribution in [0.25, 0.3) is 10.8 Å². The Hall–Kier alpha value is -3.51. The molecular weight excluding hydrogens is 860 g/mol. The van der Waals surface area contributed by atoms with Crippen molar-refractivity contribution in [2.75, 3.05) is 32.6 Å². The van der Waals surface area contributed by atoms with Gasteiger partial charge < -0.3 is 43.5 Å². The van der Waals surface area contributed by atoms with Gasteiger partial charge in [-0.25, -0.2) is 0 Å². The van der Waals surface area contributed by atoms with Crippen molar-refractivity contribution in [3.63, 3.8) is 0 Å². The van der Waals surface area contributed by atoms with Crippen molar-refractivity contribution < 1.29 is 65.4 Å². The average Bonchev–Trinajstić information content (AvgIpc) is 3.25. The van der Waals surface area contributed by atoms with Gasteiger partial charge in [0.2, 0.25) is 0 Å². The summed E-state index contributed by atoms with van der Waals surface area (Å²) in [5.41, 5.74) is 28.4. The van der Waals surface area contributed by atoms with Crippen LogP contribution in [-0.4, -0.2) is 21.1 Å². The number of nitrogen functional groups attached to an aromatic ring is 2. The first-order valence-corrected chi connectivity index (χ1v) is 17.2. The first-order valence-electron chi connectivity index (χ1n) is 17.2. The molecule has 7 rings (SSSR count). The maximum Gasteiger partial charge on any atom is 0.0314 e. The molecule has 0 amide bonds. The van der Waals surface area contributed by atoms with Crippen molar-refractivity contribution in [1.82, 2.24) is 0 Å². The van der Waals surface area contributed by atoms with Crippen LogP contribution in [0.1, 0.15) is 39.8 Å². The molecule has 2 radical (unpaired) electrons. The molecule has 0 bridgehead atoms. The second-order valence-electron chi connectivity index (χ2n) is 9.48. The number of benzene rings is 7. The van der Waals surface area contributed by atoms with E-state index in [4.69, 9.17) is 11.5 Å². The van der Waals surface area contributed by atoms with Crippen LogP contribution in [0.2, 0.25) is 0 Å². The van der Waals surface area contributed by atoms with Crippen LogP contribution in [0.4, 0.5) is 11.4 Å². The number of anilines is 2. The minimum Gasteiger partial charge on any atom is -0.419 e. The summed E-state index contributed by atoms with van der Waals surface area (Å²) in [7, 11) is 4.50. The van der Waals surface area contributed by atoms with E-state index in [9.17, 15) is 0 Å². The number of aryl methyl sites for hydroxylation is 2. The SMILES string of the molecule is C.C.CC.CN.CN.CN.Cc1cc[c-]cc1.Cc1ccc(N)cc1.Nc1cc[c-]cc1.[CH3-].[CH3-].[Y].[Y].c1ccc2ccccc2c1.c1ccccc1.c1ccccc1. The summed E-state index contributed by atoms with van der Waals surface area (Å²) >= 11 is 0. The molecule has 7 aromatic carbocycles. The largest absolute Gasteiger partial charge is 0.419 e. The van der Waals surface area contributed by atoms with E-state index in [0.717, 1.165) is 11.4 Å². The van der Waals surface area contributed by atoms with Crippen molar-refractivity contribution in [3.05, 3.63) is 232 Å². The van der Waals surface area contributed by atoms with E-state index < -0.39 is 0 Å². The number of fused-ring (bicyclic) bond motifs is 1. The van der Waals surface area contributed by atoms with Gasteiger partial charge in [0, 0.05) is 71.1 Å². The molecule has 0 aliphatic heterocycles. The summed E-state index contributed by atoms with van der Waals surface area (Å²) in [6, 6.07) is 69.4. The van der Waals surface area contributed by atoms with Gasteiger partial charge in [-0.05, 0) is 51.0 Å². The van der Waals surface area contributed by atoms with E-state index in [0.29, 0.717) is 0 Å². The van der Waals surface area contributed by atoms with Gasteiger partial charge in [-0.15, -0.1) is 12.1 Å². The Morgan fingerprint density at radius 2 is 0.534 bits per heavy atom. The van der Waals surface area contributed by atoms with E-state index in [-0.39, 0.29) is 95.1 Å². The summed E-state index contributed by atoms with van der Waals surface area (Å²) in [4.78, 5) is 0. The fourth-order valence-corrected chi connectivity index (χ4v) is 3.34. The quantitative estimate of drug-likeness (QED) is 0.0764.